The molecule has 2 spiro atoms. The van der Waals surface area contributed by atoms with Crippen LogP contribution in [0.4, 0.5) is 17.1 Å². The molecule has 0 bridgehead atoms. The van der Waals surface area contributed by atoms with E-state index >= 15 is 0 Å². The molecule has 0 aliphatic heterocycles. The van der Waals surface area contributed by atoms with Crippen LogP contribution in [0.2, 0.25) is 0 Å². The highest BCUT2D eigenvalue weighted by atomic mass is 32.1. The fraction of sp³-hybridized carbons (Fsp3) is 0.224. The summed E-state index contributed by atoms with van der Waals surface area (Å²) in [6.45, 7) is 0. The van der Waals surface area contributed by atoms with Gasteiger partial charge in [-0.2, -0.15) is 0 Å². The molecular weight excluding hydrogens is 851 g/mol. The third-order valence-electron chi connectivity index (χ3n) is 19.2. The Hall–Kier alpha value is -6.74. The SMILES string of the molecule is c1cc(-c2cccc3c2sc2ccccc23)cc(N(c2ccc(-c3ccc4c(c3)C3(c5ccccc5-4)C4CC5CC6CC3C564)cc2)c2ccccc2-c2cccc3cccc(C4CCCCC4)c23)c1. The Labute approximate surface area is 409 Å². The average molecular weight is 904 g/mol. The summed E-state index contributed by atoms with van der Waals surface area (Å²) in [7, 11) is 0. The zero-order valence-electron chi connectivity index (χ0n) is 38.9. The van der Waals surface area contributed by atoms with Crippen molar-refractivity contribution in [3.63, 3.8) is 0 Å². The van der Waals surface area contributed by atoms with Crippen LogP contribution in [0, 0.1) is 29.1 Å². The van der Waals surface area contributed by atoms with Gasteiger partial charge in [-0.15, -0.1) is 11.3 Å². The van der Waals surface area contributed by atoms with E-state index in [0.29, 0.717) is 11.3 Å². The van der Waals surface area contributed by atoms with Gasteiger partial charge in [-0.3, -0.25) is 0 Å². The summed E-state index contributed by atoms with van der Waals surface area (Å²) in [6, 6.07) is 74.8. The summed E-state index contributed by atoms with van der Waals surface area (Å²) in [5.41, 5.74) is 19.9. The van der Waals surface area contributed by atoms with Gasteiger partial charge in [0.05, 0.1) is 5.69 Å². The van der Waals surface area contributed by atoms with Crippen LogP contribution < -0.4 is 4.90 Å². The topological polar surface area (TPSA) is 3.24 Å². The van der Waals surface area contributed by atoms with Crippen LogP contribution in [-0.2, 0) is 5.41 Å². The molecule has 5 saturated carbocycles. The third-order valence-corrected chi connectivity index (χ3v) is 20.4. The van der Waals surface area contributed by atoms with Crippen LogP contribution in [0.5, 0.6) is 0 Å². The van der Waals surface area contributed by atoms with Gasteiger partial charge < -0.3 is 4.90 Å². The lowest BCUT2D eigenvalue weighted by Crippen LogP contribution is -2.88. The quantitative estimate of drug-likeness (QED) is 0.154. The van der Waals surface area contributed by atoms with Gasteiger partial charge in [0.15, 0.2) is 0 Å². The van der Waals surface area contributed by atoms with E-state index in [0.717, 1.165) is 35.0 Å². The van der Waals surface area contributed by atoms with Crippen molar-refractivity contribution in [3.8, 4) is 44.5 Å². The first-order valence-electron chi connectivity index (χ1n) is 26.0. The monoisotopic (exact) mass is 903 g/mol. The third kappa shape index (κ3) is 5.11. The molecule has 0 radical (unpaired) electrons. The Kier molecular flexibility index (Phi) is 8.17. The fourth-order valence-corrected chi connectivity index (χ4v) is 17.6. The lowest BCUT2D eigenvalue weighted by atomic mass is 9.11. The molecule has 10 aromatic rings. The highest BCUT2D eigenvalue weighted by molar-refractivity contribution is 7.26. The molecule has 16 rings (SSSR count). The molecule has 332 valence electrons. The average Bonchev–Trinajstić information content (AvgIpc) is 3.92. The van der Waals surface area contributed by atoms with E-state index < -0.39 is 0 Å². The Morgan fingerprint density at radius 3 is 1.99 bits per heavy atom. The zero-order chi connectivity index (χ0) is 45.0. The summed E-state index contributed by atoms with van der Waals surface area (Å²) in [5, 5.41) is 5.41. The number of nitrogens with zero attached hydrogens (tertiary/aromatic N) is 1. The van der Waals surface area contributed by atoms with Gasteiger partial charge in [-0.25, -0.2) is 0 Å². The van der Waals surface area contributed by atoms with Gasteiger partial charge in [0.1, 0.15) is 0 Å². The smallest absolute Gasteiger partial charge is 0.0540 e. The minimum Gasteiger partial charge on any atom is -0.310 e. The first-order valence-corrected chi connectivity index (χ1v) is 26.8. The van der Waals surface area contributed by atoms with Gasteiger partial charge >= 0.3 is 0 Å². The maximum Gasteiger partial charge on any atom is 0.0540 e. The number of fused-ring (bicyclic) bond motifs is 11. The maximum absolute atomic E-state index is 2.63. The van der Waals surface area contributed by atoms with E-state index in [2.05, 4.69) is 199 Å². The van der Waals surface area contributed by atoms with E-state index in [1.165, 1.54) is 138 Å². The minimum absolute atomic E-state index is 0.208. The van der Waals surface area contributed by atoms with Crippen molar-refractivity contribution in [2.45, 2.75) is 62.7 Å². The summed E-state index contributed by atoms with van der Waals surface area (Å²) in [6.07, 6.45) is 10.9. The summed E-state index contributed by atoms with van der Waals surface area (Å²) >= 11 is 1.91. The van der Waals surface area contributed by atoms with E-state index in [4.69, 9.17) is 0 Å². The molecule has 4 unspecified atom stereocenters. The van der Waals surface area contributed by atoms with Crippen LogP contribution in [0.15, 0.2) is 194 Å². The van der Waals surface area contributed by atoms with Crippen LogP contribution in [0.3, 0.4) is 0 Å². The molecule has 1 aromatic heterocycles. The van der Waals surface area contributed by atoms with Crippen LogP contribution in [-0.4, -0.2) is 0 Å². The molecule has 1 nitrogen and oxygen atoms in total. The normalized spacial score (nSPS) is 24.7. The second-order valence-electron chi connectivity index (χ2n) is 21.7. The molecule has 2 heteroatoms. The van der Waals surface area contributed by atoms with Crippen molar-refractivity contribution < 1.29 is 0 Å². The van der Waals surface area contributed by atoms with Crippen LogP contribution in [0.1, 0.15) is 74.0 Å². The van der Waals surface area contributed by atoms with Crippen LogP contribution >= 0.6 is 11.3 Å². The predicted molar refractivity (Wildman–Crippen MR) is 290 cm³/mol. The van der Waals surface area contributed by atoms with Crippen molar-refractivity contribution in [2.75, 3.05) is 4.90 Å². The molecule has 0 amide bonds. The van der Waals surface area contributed by atoms with Crippen LogP contribution in [0.25, 0.3) is 75.5 Å². The Morgan fingerprint density at radius 1 is 0.449 bits per heavy atom. The molecule has 69 heavy (non-hydrogen) atoms. The highest BCUT2D eigenvalue weighted by Gasteiger charge is 2.90. The first kappa shape index (κ1) is 39.1. The van der Waals surface area contributed by atoms with Crippen molar-refractivity contribution in [1.29, 1.82) is 0 Å². The lowest BCUT2D eigenvalue weighted by molar-refractivity contribution is -0.412. The molecular formula is C67H53NS. The summed E-state index contributed by atoms with van der Waals surface area (Å²) < 4.78 is 2.68. The number of thiophene rings is 1. The van der Waals surface area contributed by atoms with Gasteiger partial charge in [-0.1, -0.05) is 171 Å². The number of benzene rings is 9. The lowest BCUT2D eigenvalue weighted by Gasteiger charge is -2.92. The van der Waals surface area contributed by atoms with Crippen molar-refractivity contribution in [1.82, 2.24) is 0 Å². The second-order valence-corrected chi connectivity index (χ2v) is 22.7. The van der Waals surface area contributed by atoms with E-state index in [1.54, 1.807) is 11.1 Å². The van der Waals surface area contributed by atoms with Gasteiger partial charge in [0.2, 0.25) is 0 Å². The molecule has 5 fully saturated rings. The van der Waals surface area contributed by atoms with Gasteiger partial charge in [0, 0.05) is 42.5 Å². The zero-order valence-corrected chi connectivity index (χ0v) is 39.7. The largest absolute Gasteiger partial charge is 0.310 e. The Bertz CT molecular complexity index is 3730. The van der Waals surface area contributed by atoms with Crippen molar-refractivity contribution in [2.24, 2.45) is 29.1 Å². The molecule has 1 heterocycles. The molecule has 4 atom stereocenters. The number of para-hydroxylation sites is 1. The summed E-state index contributed by atoms with van der Waals surface area (Å²) in [4.78, 5) is 2.54. The fourth-order valence-electron chi connectivity index (χ4n) is 16.4. The predicted octanol–water partition coefficient (Wildman–Crippen LogP) is 18.7. The van der Waals surface area contributed by atoms with E-state index in [9.17, 15) is 0 Å². The van der Waals surface area contributed by atoms with Gasteiger partial charge in [-0.05, 0) is 176 Å². The number of hydrogen-bond acceptors (Lipinski definition) is 2. The molecule has 6 aliphatic carbocycles. The van der Waals surface area contributed by atoms with Gasteiger partial charge in [0.25, 0.3) is 0 Å². The summed E-state index contributed by atoms with van der Waals surface area (Å²) in [5.74, 6) is 4.24. The number of hydrogen-bond donors (Lipinski definition) is 0. The molecule has 0 N–H and O–H groups in total. The maximum atomic E-state index is 2.63. The Morgan fingerprint density at radius 2 is 1.13 bits per heavy atom. The molecule has 6 aliphatic rings. The van der Waals surface area contributed by atoms with Crippen molar-refractivity contribution in [3.05, 3.63) is 211 Å². The Balaban J connectivity index is 0.848. The molecule has 0 saturated heterocycles. The van der Waals surface area contributed by atoms with E-state index in [-0.39, 0.29) is 5.41 Å². The number of rotatable bonds is 7. The standard InChI is InChI=1S/C67H53NS/c1-2-14-42(15-3-1)50-23-11-16-43-17-12-25-56(64(43)50)54-21-5-8-28-60(54)68(49-19-10-18-45(36-49)51-24-13-26-57-55-22-6-9-29-61(55)69-65(51)57)48-33-30-41(31-34-48)44-32-35-53-52-20-4-7-27-58(52)67(59(53)37-44)62-39-46-38-47-40-63(67)66(46,47)62/h4-13,16-37,42,46-47,62-63H,1-3,14-15,38-40H2. The molecule has 9 aromatic carbocycles. The minimum atomic E-state index is 0.208. The van der Waals surface area contributed by atoms with Crippen molar-refractivity contribution >= 4 is 59.3 Å². The second kappa shape index (κ2) is 14.4. The number of anilines is 3. The van der Waals surface area contributed by atoms with E-state index in [1.807, 2.05) is 11.3 Å². The highest BCUT2D eigenvalue weighted by Crippen LogP contribution is 2.94. The first-order chi connectivity index (χ1) is 34.2.